The molecule has 1 unspecified atom stereocenters. The van der Waals surface area contributed by atoms with E-state index in [0.717, 1.165) is 12.0 Å². The van der Waals surface area contributed by atoms with Crippen LogP contribution in [0, 0.1) is 5.92 Å². The van der Waals surface area contributed by atoms with Crippen LogP contribution in [0.3, 0.4) is 0 Å². The summed E-state index contributed by atoms with van der Waals surface area (Å²) in [5.74, 6) is 1.42. The maximum absolute atomic E-state index is 6.01. The van der Waals surface area contributed by atoms with Gasteiger partial charge in [0, 0.05) is 5.56 Å². The molecule has 0 spiro atoms. The molecule has 0 radical (unpaired) electrons. The molecule has 1 aromatic carbocycles. The molecule has 0 aliphatic heterocycles. The van der Waals surface area contributed by atoms with Gasteiger partial charge in [0.2, 0.25) is 0 Å². The van der Waals surface area contributed by atoms with Gasteiger partial charge in [0.05, 0.1) is 6.04 Å². The van der Waals surface area contributed by atoms with Gasteiger partial charge in [0.25, 0.3) is 5.89 Å². The van der Waals surface area contributed by atoms with Crippen molar-refractivity contribution in [2.24, 2.45) is 11.7 Å². The van der Waals surface area contributed by atoms with E-state index >= 15 is 0 Å². The highest BCUT2D eigenvalue weighted by atomic mass is 16.5. The van der Waals surface area contributed by atoms with E-state index in [0.29, 0.717) is 11.7 Å². The molecule has 0 saturated carbocycles. The summed E-state index contributed by atoms with van der Waals surface area (Å²) >= 11 is 0. The lowest BCUT2D eigenvalue weighted by molar-refractivity contribution is 0.400. The third-order valence-electron chi connectivity index (χ3n) is 3.09. The number of nitrogens with zero attached hydrogens (tertiary/aromatic N) is 2. The van der Waals surface area contributed by atoms with Crippen LogP contribution in [0.15, 0.2) is 28.8 Å². The maximum atomic E-state index is 6.01. The predicted octanol–water partition coefficient (Wildman–Crippen LogP) is 2.95. The highest BCUT2D eigenvalue weighted by Gasteiger charge is 2.18. The van der Waals surface area contributed by atoms with Crippen molar-refractivity contribution in [3.63, 3.8) is 0 Å². The van der Waals surface area contributed by atoms with E-state index in [1.807, 2.05) is 32.0 Å². The van der Waals surface area contributed by atoms with Gasteiger partial charge < -0.3 is 10.3 Å². The molecule has 1 atom stereocenters. The minimum absolute atomic E-state index is 0.184. The van der Waals surface area contributed by atoms with Crippen molar-refractivity contribution in [2.45, 2.75) is 33.2 Å². The minimum Gasteiger partial charge on any atom is -0.334 e. The van der Waals surface area contributed by atoms with Gasteiger partial charge in [-0.3, -0.25) is 0 Å². The third-order valence-corrected chi connectivity index (χ3v) is 3.09. The van der Waals surface area contributed by atoms with Crippen LogP contribution >= 0.6 is 0 Å². The molecule has 0 aliphatic rings. The molecule has 2 aromatic rings. The van der Waals surface area contributed by atoms with Crippen LogP contribution < -0.4 is 5.73 Å². The summed E-state index contributed by atoms with van der Waals surface area (Å²) in [4.78, 5) is 4.41. The van der Waals surface area contributed by atoms with Gasteiger partial charge in [0.1, 0.15) is 0 Å². The summed E-state index contributed by atoms with van der Waals surface area (Å²) in [5, 5.41) is 3.98. The van der Waals surface area contributed by atoms with Crippen molar-refractivity contribution < 1.29 is 4.52 Å². The Labute approximate surface area is 107 Å². The smallest absolute Gasteiger partial charge is 0.258 e. The molecule has 0 bridgehead atoms. The van der Waals surface area contributed by atoms with Crippen LogP contribution in [0.1, 0.15) is 38.2 Å². The number of aryl methyl sites for hydroxylation is 1. The molecule has 4 heteroatoms. The zero-order chi connectivity index (χ0) is 13.1. The number of nitrogens with two attached hydrogens (primary N) is 1. The molecule has 1 aromatic heterocycles. The van der Waals surface area contributed by atoms with E-state index in [4.69, 9.17) is 10.3 Å². The second kappa shape index (κ2) is 5.31. The molecule has 4 nitrogen and oxygen atoms in total. The monoisotopic (exact) mass is 245 g/mol. The first-order chi connectivity index (χ1) is 8.63. The predicted molar refractivity (Wildman–Crippen MR) is 70.9 cm³/mol. The fraction of sp³-hybridized carbons (Fsp3) is 0.429. The van der Waals surface area contributed by atoms with Crippen molar-refractivity contribution in [3.05, 3.63) is 35.7 Å². The second-order valence-electron chi connectivity index (χ2n) is 4.74. The van der Waals surface area contributed by atoms with Crippen LogP contribution in [-0.4, -0.2) is 10.1 Å². The Morgan fingerprint density at radius 3 is 2.67 bits per heavy atom. The molecular weight excluding hydrogens is 226 g/mol. The lowest BCUT2D eigenvalue weighted by Crippen LogP contribution is -2.18. The van der Waals surface area contributed by atoms with E-state index in [2.05, 4.69) is 23.1 Å². The molecule has 0 amide bonds. The molecule has 0 aliphatic carbocycles. The molecule has 1 heterocycles. The molecule has 0 saturated heterocycles. The van der Waals surface area contributed by atoms with Crippen molar-refractivity contribution in [3.8, 4) is 11.5 Å². The minimum atomic E-state index is -0.184. The van der Waals surface area contributed by atoms with Gasteiger partial charge in [-0.05, 0) is 24.0 Å². The standard InChI is InChI=1S/C14H19N3O/c1-4-10-7-5-6-8-11(10)14-16-13(17-18-14)12(15)9(2)3/h5-9,12H,4,15H2,1-3H3. The van der Waals surface area contributed by atoms with Crippen molar-refractivity contribution in [1.82, 2.24) is 10.1 Å². The number of rotatable bonds is 4. The average molecular weight is 245 g/mol. The normalized spacial score (nSPS) is 12.9. The fourth-order valence-electron chi connectivity index (χ4n) is 1.82. The van der Waals surface area contributed by atoms with Crippen molar-refractivity contribution in [2.75, 3.05) is 0 Å². The molecule has 0 fully saturated rings. The topological polar surface area (TPSA) is 64.9 Å². The van der Waals surface area contributed by atoms with Crippen LogP contribution in [0.25, 0.3) is 11.5 Å². The molecular formula is C14H19N3O. The summed E-state index contributed by atoms with van der Waals surface area (Å²) in [6, 6.07) is 7.87. The van der Waals surface area contributed by atoms with Crippen molar-refractivity contribution >= 4 is 0 Å². The summed E-state index contributed by atoms with van der Waals surface area (Å²) in [7, 11) is 0. The van der Waals surface area contributed by atoms with Crippen LogP contribution in [-0.2, 0) is 6.42 Å². The first kappa shape index (κ1) is 12.8. The van der Waals surface area contributed by atoms with E-state index in [1.165, 1.54) is 5.56 Å². The van der Waals surface area contributed by atoms with Crippen LogP contribution in [0.2, 0.25) is 0 Å². The van der Waals surface area contributed by atoms with Gasteiger partial charge in [-0.1, -0.05) is 44.1 Å². The Bertz CT molecular complexity index is 519. The molecule has 96 valence electrons. The Hall–Kier alpha value is -1.68. The maximum Gasteiger partial charge on any atom is 0.258 e. The van der Waals surface area contributed by atoms with Crippen LogP contribution in [0.4, 0.5) is 0 Å². The Balaban J connectivity index is 2.35. The number of aromatic nitrogens is 2. The highest BCUT2D eigenvalue weighted by molar-refractivity contribution is 5.58. The molecule has 18 heavy (non-hydrogen) atoms. The quantitative estimate of drug-likeness (QED) is 0.899. The summed E-state index contributed by atoms with van der Waals surface area (Å²) in [6.45, 7) is 6.19. The largest absolute Gasteiger partial charge is 0.334 e. The van der Waals surface area contributed by atoms with E-state index in [-0.39, 0.29) is 12.0 Å². The van der Waals surface area contributed by atoms with Gasteiger partial charge in [-0.15, -0.1) is 0 Å². The Morgan fingerprint density at radius 2 is 2.00 bits per heavy atom. The zero-order valence-corrected chi connectivity index (χ0v) is 11.1. The Kier molecular flexibility index (Phi) is 3.77. The van der Waals surface area contributed by atoms with E-state index < -0.39 is 0 Å². The average Bonchev–Trinajstić information content (AvgIpc) is 2.87. The van der Waals surface area contributed by atoms with Crippen LogP contribution in [0.5, 0.6) is 0 Å². The summed E-state index contributed by atoms with van der Waals surface area (Å²) in [5.41, 5.74) is 8.21. The highest BCUT2D eigenvalue weighted by Crippen LogP contribution is 2.24. The van der Waals surface area contributed by atoms with Gasteiger partial charge in [0.15, 0.2) is 5.82 Å². The fourth-order valence-corrected chi connectivity index (χ4v) is 1.82. The van der Waals surface area contributed by atoms with Gasteiger partial charge in [-0.2, -0.15) is 4.98 Å². The first-order valence-corrected chi connectivity index (χ1v) is 6.31. The van der Waals surface area contributed by atoms with Crippen molar-refractivity contribution in [1.29, 1.82) is 0 Å². The first-order valence-electron chi connectivity index (χ1n) is 6.31. The zero-order valence-electron chi connectivity index (χ0n) is 11.1. The lowest BCUT2D eigenvalue weighted by Gasteiger charge is -2.09. The van der Waals surface area contributed by atoms with Gasteiger partial charge in [-0.25, -0.2) is 0 Å². The SMILES string of the molecule is CCc1ccccc1-c1nc(C(N)C(C)C)no1. The van der Waals surface area contributed by atoms with E-state index in [9.17, 15) is 0 Å². The Morgan fingerprint density at radius 1 is 1.28 bits per heavy atom. The summed E-state index contributed by atoms with van der Waals surface area (Å²) in [6.07, 6.45) is 0.935. The number of hydrogen-bond acceptors (Lipinski definition) is 4. The second-order valence-corrected chi connectivity index (χ2v) is 4.74. The lowest BCUT2D eigenvalue weighted by atomic mass is 10.0. The third kappa shape index (κ3) is 2.43. The van der Waals surface area contributed by atoms with Gasteiger partial charge >= 0.3 is 0 Å². The summed E-state index contributed by atoms with van der Waals surface area (Å²) < 4.78 is 5.32. The molecule has 2 rings (SSSR count). The number of benzene rings is 1. The number of hydrogen-bond donors (Lipinski definition) is 1. The molecule has 2 N–H and O–H groups in total. The van der Waals surface area contributed by atoms with E-state index in [1.54, 1.807) is 0 Å².